The normalized spacial score (nSPS) is 25.0. The Morgan fingerprint density at radius 2 is 1.67 bits per heavy atom. The fraction of sp³-hybridized carbons (Fsp3) is 0.500. The van der Waals surface area contributed by atoms with Crippen LogP contribution in [-0.2, 0) is 5.60 Å². The van der Waals surface area contributed by atoms with Crippen LogP contribution in [0.3, 0.4) is 0 Å². The highest BCUT2D eigenvalue weighted by Crippen LogP contribution is 2.38. The van der Waals surface area contributed by atoms with Gasteiger partial charge in [-0.15, -0.1) is 0 Å². The smallest absolute Gasteiger partial charge is 0.118 e. The van der Waals surface area contributed by atoms with Gasteiger partial charge >= 0.3 is 0 Å². The fourth-order valence-corrected chi connectivity index (χ4v) is 4.99. The molecule has 0 aromatic heterocycles. The number of hydrogen-bond donors (Lipinski definition) is 1. The van der Waals surface area contributed by atoms with E-state index in [1.54, 1.807) is 7.11 Å². The van der Waals surface area contributed by atoms with Crippen LogP contribution < -0.4 is 4.74 Å². The number of fused-ring (bicyclic) bond motifs is 2. The molecule has 144 valence electrons. The molecule has 0 radical (unpaired) electrons. The quantitative estimate of drug-likeness (QED) is 0.821. The Morgan fingerprint density at radius 3 is 2.41 bits per heavy atom. The number of aliphatic hydroxyl groups is 1. The molecule has 1 N–H and O–H groups in total. The predicted octanol–water partition coefficient (Wildman–Crippen LogP) is 4.44. The first-order chi connectivity index (χ1) is 13.2. The average Bonchev–Trinajstić information content (AvgIpc) is 3.06. The monoisotopic (exact) mass is 365 g/mol. The first-order valence-electron chi connectivity index (χ1n) is 10.3. The summed E-state index contributed by atoms with van der Waals surface area (Å²) in [5.41, 5.74) is 0.927. The van der Waals surface area contributed by atoms with Crippen molar-refractivity contribution in [3.05, 3.63) is 65.7 Å². The van der Waals surface area contributed by atoms with Crippen LogP contribution in [0.1, 0.15) is 43.2 Å². The minimum atomic E-state index is -0.973. The van der Waals surface area contributed by atoms with Gasteiger partial charge in [0, 0.05) is 13.1 Å². The van der Waals surface area contributed by atoms with Crippen LogP contribution in [0, 0.1) is 11.8 Å². The van der Waals surface area contributed by atoms with Gasteiger partial charge in [-0.2, -0.15) is 0 Å². The van der Waals surface area contributed by atoms with Crippen molar-refractivity contribution in [2.75, 3.05) is 26.7 Å². The summed E-state index contributed by atoms with van der Waals surface area (Å²) in [4.78, 5) is 2.58. The minimum absolute atomic E-state index is 0.709. The van der Waals surface area contributed by atoms with Gasteiger partial charge in [-0.25, -0.2) is 0 Å². The number of hydrogen-bond acceptors (Lipinski definition) is 3. The van der Waals surface area contributed by atoms with E-state index < -0.39 is 5.60 Å². The van der Waals surface area contributed by atoms with Gasteiger partial charge < -0.3 is 14.7 Å². The zero-order chi connectivity index (χ0) is 18.7. The molecule has 1 aliphatic carbocycles. The van der Waals surface area contributed by atoms with Crippen molar-refractivity contribution in [3.8, 4) is 5.75 Å². The predicted molar refractivity (Wildman–Crippen MR) is 109 cm³/mol. The lowest BCUT2D eigenvalue weighted by atomic mass is 9.83. The summed E-state index contributed by atoms with van der Waals surface area (Å²) in [6.07, 6.45) is 6.27. The van der Waals surface area contributed by atoms with Crippen LogP contribution in [0.5, 0.6) is 5.75 Å². The van der Waals surface area contributed by atoms with Crippen LogP contribution in [0.2, 0.25) is 0 Å². The molecule has 3 heteroatoms. The summed E-state index contributed by atoms with van der Waals surface area (Å²) >= 11 is 0. The summed E-state index contributed by atoms with van der Waals surface area (Å²) < 4.78 is 5.29. The molecule has 3 nitrogen and oxygen atoms in total. The molecule has 0 amide bonds. The number of likely N-dealkylation sites (tertiary alicyclic amines) is 1. The highest BCUT2D eigenvalue weighted by molar-refractivity contribution is 5.38. The van der Waals surface area contributed by atoms with Crippen LogP contribution >= 0.6 is 0 Å². The number of rotatable bonds is 6. The minimum Gasteiger partial charge on any atom is -0.497 e. The molecule has 4 rings (SSSR count). The van der Waals surface area contributed by atoms with Crippen molar-refractivity contribution in [2.45, 2.75) is 37.7 Å². The van der Waals surface area contributed by atoms with Gasteiger partial charge in [0.15, 0.2) is 0 Å². The van der Waals surface area contributed by atoms with E-state index in [-0.39, 0.29) is 0 Å². The number of nitrogens with zero attached hydrogens (tertiary/aromatic N) is 1. The third-order valence-corrected chi connectivity index (χ3v) is 6.63. The van der Waals surface area contributed by atoms with E-state index in [2.05, 4.69) is 4.90 Å². The summed E-state index contributed by atoms with van der Waals surface area (Å²) in [6, 6.07) is 18.0. The molecule has 3 atom stereocenters. The number of benzene rings is 2. The van der Waals surface area contributed by atoms with Gasteiger partial charge in [0.1, 0.15) is 11.4 Å². The van der Waals surface area contributed by atoms with E-state index in [4.69, 9.17) is 4.74 Å². The fourth-order valence-electron chi connectivity index (χ4n) is 4.99. The van der Waals surface area contributed by atoms with Gasteiger partial charge in [-0.05, 0) is 67.3 Å². The Balaban J connectivity index is 1.54. The van der Waals surface area contributed by atoms with Gasteiger partial charge in [0.2, 0.25) is 0 Å². The van der Waals surface area contributed by atoms with Gasteiger partial charge in [0.25, 0.3) is 0 Å². The van der Waals surface area contributed by atoms with Crippen LogP contribution in [0.15, 0.2) is 54.6 Å². The van der Waals surface area contributed by atoms with Crippen LogP contribution in [0.25, 0.3) is 0 Å². The van der Waals surface area contributed by atoms with Gasteiger partial charge in [-0.3, -0.25) is 0 Å². The number of methoxy groups -OCH3 is 1. The molecule has 1 saturated heterocycles. The maximum absolute atomic E-state index is 11.8. The third-order valence-electron chi connectivity index (χ3n) is 6.63. The van der Waals surface area contributed by atoms with E-state index in [1.165, 1.54) is 38.8 Å². The number of ether oxygens (including phenoxy) is 1. The second kappa shape index (κ2) is 8.04. The lowest BCUT2D eigenvalue weighted by Crippen LogP contribution is -2.36. The lowest BCUT2D eigenvalue weighted by Gasteiger charge is -2.33. The van der Waals surface area contributed by atoms with E-state index in [9.17, 15) is 5.11 Å². The summed E-state index contributed by atoms with van der Waals surface area (Å²) in [6.45, 7) is 3.30. The van der Waals surface area contributed by atoms with Crippen molar-refractivity contribution in [3.63, 3.8) is 0 Å². The molecule has 0 spiro atoms. The molecule has 27 heavy (non-hydrogen) atoms. The molecule has 2 fully saturated rings. The SMILES string of the molecule is COc1ccc(C(O)(CCN2CCC3CCC(C3)C2)c2ccccc2)cc1. The zero-order valence-electron chi connectivity index (χ0n) is 16.3. The Kier molecular flexibility index (Phi) is 5.51. The standard InChI is InChI=1S/C24H31NO2/c1-27-23-11-9-22(10-12-23)24(26,21-5-3-2-4-6-21)14-16-25-15-13-19-7-8-20(17-19)18-25/h2-6,9-12,19-20,26H,7-8,13-18H2,1H3. The van der Waals surface area contributed by atoms with Gasteiger partial charge in [-0.1, -0.05) is 48.9 Å². The molecule has 1 aliphatic heterocycles. The second-order valence-corrected chi connectivity index (χ2v) is 8.34. The summed E-state index contributed by atoms with van der Waals surface area (Å²) in [5.74, 6) is 2.62. The van der Waals surface area contributed by atoms with Crippen molar-refractivity contribution in [1.82, 2.24) is 4.90 Å². The molecular weight excluding hydrogens is 334 g/mol. The van der Waals surface area contributed by atoms with Crippen LogP contribution in [-0.4, -0.2) is 36.8 Å². The molecule has 3 unspecified atom stereocenters. The third kappa shape index (κ3) is 4.04. The first-order valence-corrected chi connectivity index (χ1v) is 10.3. The summed E-state index contributed by atoms with van der Waals surface area (Å²) in [7, 11) is 1.67. The first kappa shape index (κ1) is 18.5. The van der Waals surface area contributed by atoms with Crippen LogP contribution in [0.4, 0.5) is 0 Å². The molecule has 2 aliphatic rings. The Labute approximate surface area is 163 Å². The second-order valence-electron chi connectivity index (χ2n) is 8.34. The molecule has 1 heterocycles. The van der Waals surface area contributed by atoms with Gasteiger partial charge in [0.05, 0.1) is 7.11 Å². The maximum Gasteiger partial charge on any atom is 0.118 e. The average molecular weight is 366 g/mol. The lowest BCUT2D eigenvalue weighted by molar-refractivity contribution is 0.0553. The highest BCUT2D eigenvalue weighted by Gasteiger charge is 2.34. The Hall–Kier alpha value is -1.84. The molecule has 1 saturated carbocycles. The van der Waals surface area contributed by atoms with Crippen molar-refractivity contribution < 1.29 is 9.84 Å². The summed E-state index contributed by atoms with van der Waals surface area (Å²) in [5, 5.41) is 11.8. The van der Waals surface area contributed by atoms with E-state index in [0.717, 1.165) is 35.3 Å². The Morgan fingerprint density at radius 1 is 0.963 bits per heavy atom. The topological polar surface area (TPSA) is 32.7 Å². The van der Waals surface area contributed by atoms with Crippen molar-refractivity contribution >= 4 is 0 Å². The van der Waals surface area contributed by atoms with E-state index >= 15 is 0 Å². The van der Waals surface area contributed by atoms with Crippen molar-refractivity contribution in [1.29, 1.82) is 0 Å². The molecule has 2 aromatic rings. The highest BCUT2D eigenvalue weighted by atomic mass is 16.5. The molecule has 2 bridgehead atoms. The van der Waals surface area contributed by atoms with E-state index in [1.807, 2.05) is 54.6 Å². The maximum atomic E-state index is 11.8. The largest absolute Gasteiger partial charge is 0.497 e. The van der Waals surface area contributed by atoms with Crippen molar-refractivity contribution in [2.24, 2.45) is 11.8 Å². The molecule has 2 aromatic carbocycles. The molecular formula is C24H31NO2. The zero-order valence-corrected chi connectivity index (χ0v) is 16.3. The van der Waals surface area contributed by atoms with E-state index in [0.29, 0.717) is 6.42 Å². The Bertz CT molecular complexity index is 730.